The molecule has 4 N–H and O–H groups in total. The molecule has 0 unspecified atom stereocenters. The highest BCUT2D eigenvalue weighted by Crippen LogP contribution is 2.53. The molecule has 8 heteroatoms. The van der Waals surface area contributed by atoms with Gasteiger partial charge in [0.15, 0.2) is 5.69 Å². The Balaban J connectivity index is 1.85. The van der Waals surface area contributed by atoms with Crippen molar-refractivity contribution in [3.63, 3.8) is 0 Å². The molecule has 1 aliphatic carbocycles. The molecule has 1 saturated carbocycles. The zero-order valence-electron chi connectivity index (χ0n) is 19.5. The second kappa shape index (κ2) is 7.70. The fourth-order valence-electron chi connectivity index (χ4n) is 4.33. The summed E-state index contributed by atoms with van der Waals surface area (Å²) in [6.07, 6.45) is 1.56. The second-order valence-corrected chi connectivity index (χ2v) is 10.4. The van der Waals surface area contributed by atoms with E-state index in [1.807, 2.05) is 25.3 Å². The van der Waals surface area contributed by atoms with Crippen LogP contribution in [0.3, 0.4) is 0 Å². The first-order valence-corrected chi connectivity index (χ1v) is 11.0. The van der Waals surface area contributed by atoms with Crippen LogP contribution in [0, 0.1) is 23.1 Å². The summed E-state index contributed by atoms with van der Waals surface area (Å²) in [6.45, 7) is 8.61. The van der Waals surface area contributed by atoms with Gasteiger partial charge in [0.25, 0.3) is 5.91 Å². The van der Waals surface area contributed by atoms with Crippen molar-refractivity contribution in [1.82, 2.24) is 14.9 Å². The summed E-state index contributed by atoms with van der Waals surface area (Å²) < 4.78 is 16.8. The van der Waals surface area contributed by atoms with Crippen LogP contribution in [0.25, 0.3) is 11.4 Å². The Labute approximate surface area is 192 Å². The number of hydrogen-bond donors (Lipinski definition) is 3. The van der Waals surface area contributed by atoms with Gasteiger partial charge in [0.2, 0.25) is 5.91 Å². The van der Waals surface area contributed by atoms with Crippen LogP contribution in [-0.2, 0) is 11.3 Å². The third-order valence-electron chi connectivity index (χ3n) is 6.14. The summed E-state index contributed by atoms with van der Waals surface area (Å²) in [6, 6.07) is 3.19. The molecule has 0 saturated heterocycles. The number of imidazole rings is 1. The van der Waals surface area contributed by atoms with E-state index in [0.717, 1.165) is 18.4 Å². The molecule has 2 aliphatic heterocycles. The Bertz CT molecular complexity index is 1220. The van der Waals surface area contributed by atoms with E-state index in [9.17, 15) is 19.1 Å². The second-order valence-electron chi connectivity index (χ2n) is 10.4. The number of amides is 2. The van der Waals surface area contributed by atoms with Crippen molar-refractivity contribution in [2.75, 3.05) is 0 Å². The first-order valence-electron chi connectivity index (χ1n) is 11.0. The maximum atomic E-state index is 14.9. The van der Waals surface area contributed by atoms with Gasteiger partial charge in [-0.2, -0.15) is 0 Å². The number of hydrogen-bond acceptors (Lipinski definition) is 4. The van der Waals surface area contributed by atoms with Crippen LogP contribution in [0.4, 0.5) is 4.39 Å². The molecule has 2 bridgehead atoms. The van der Waals surface area contributed by atoms with E-state index in [-0.39, 0.29) is 35.7 Å². The van der Waals surface area contributed by atoms with E-state index in [4.69, 9.17) is 5.73 Å². The van der Waals surface area contributed by atoms with Gasteiger partial charge in [-0.15, -0.1) is 0 Å². The van der Waals surface area contributed by atoms with Gasteiger partial charge < -0.3 is 20.7 Å². The number of aromatic nitrogens is 2. The number of nitrogens with zero attached hydrogens (tertiary/aromatic N) is 2. The Hall–Kier alpha value is -3.18. The lowest BCUT2D eigenvalue weighted by Crippen LogP contribution is -2.36. The molecule has 1 fully saturated rings. The average molecular weight is 453 g/mol. The summed E-state index contributed by atoms with van der Waals surface area (Å²) in [4.78, 5) is 29.3. The van der Waals surface area contributed by atoms with Crippen molar-refractivity contribution in [2.45, 2.75) is 71.6 Å². The van der Waals surface area contributed by atoms with Gasteiger partial charge in [-0.1, -0.05) is 32.6 Å². The van der Waals surface area contributed by atoms with Crippen molar-refractivity contribution in [3.8, 4) is 23.2 Å². The highest BCUT2D eigenvalue weighted by molar-refractivity contribution is 5.93. The fraction of sp³-hybridized carbons (Fsp3) is 0.480. The topological polar surface area (TPSA) is 110 Å². The van der Waals surface area contributed by atoms with Crippen molar-refractivity contribution in [2.24, 2.45) is 11.1 Å². The molecule has 1 aromatic heterocycles. The number of benzene rings is 1. The molecule has 2 amide bonds. The normalized spacial score (nSPS) is 18.8. The SMILES string of the molecule is CC(C)(O)C#Cc1cc2c(cc1F)C1CC(C1)n1c-2nc(C(N)=O)c1CNC(=O)C(C)(C)C. The number of nitrogens with two attached hydrogens (primary N) is 1. The molecular weight excluding hydrogens is 423 g/mol. The standard InChI is InChI=1S/C25H29FN4O3/c1-24(2,3)23(32)28-12-19-20(21(27)31)29-22-17-10-13(6-7-25(4,5)33)18(26)11-16(17)14-8-15(9-14)30(19)22/h10-11,14-15,33H,8-9,12H2,1-5H3,(H2,27,31)(H,28,32). The number of carbonyl (C=O) groups is 2. The van der Waals surface area contributed by atoms with Crippen LogP contribution in [0.1, 0.15) is 86.7 Å². The van der Waals surface area contributed by atoms with Gasteiger partial charge in [0, 0.05) is 17.0 Å². The largest absolute Gasteiger partial charge is 0.378 e. The summed E-state index contributed by atoms with van der Waals surface area (Å²) >= 11 is 0. The van der Waals surface area contributed by atoms with Crippen LogP contribution in [0.5, 0.6) is 0 Å². The summed E-state index contributed by atoms with van der Waals surface area (Å²) in [5.74, 6) is 4.77. The van der Waals surface area contributed by atoms with Crippen LogP contribution in [0.15, 0.2) is 12.1 Å². The molecule has 0 atom stereocenters. The van der Waals surface area contributed by atoms with E-state index < -0.39 is 22.7 Å². The maximum absolute atomic E-state index is 14.9. The van der Waals surface area contributed by atoms with E-state index in [0.29, 0.717) is 17.1 Å². The van der Waals surface area contributed by atoms with Gasteiger partial charge in [-0.05, 0) is 50.3 Å². The minimum absolute atomic E-state index is 0.0773. The molecule has 0 radical (unpaired) electrons. The number of primary amides is 1. The molecule has 2 aromatic rings. The highest BCUT2D eigenvalue weighted by Gasteiger charge is 2.41. The first kappa shape index (κ1) is 23.0. The Morgan fingerprint density at radius 2 is 1.94 bits per heavy atom. The van der Waals surface area contributed by atoms with Gasteiger partial charge in [0.1, 0.15) is 17.2 Å². The minimum Gasteiger partial charge on any atom is -0.378 e. The Morgan fingerprint density at radius 3 is 2.52 bits per heavy atom. The number of aliphatic hydroxyl groups is 1. The smallest absolute Gasteiger partial charge is 0.269 e. The van der Waals surface area contributed by atoms with Crippen LogP contribution >= 0.6 is 0 Å². The summed E-state index contributed by atoms with van der Waals surface area (Å²) in [5, 5.41) is 12.8. The quantitative estimate of drug-likeness (QED) is 0.622. The molecule has 0 spiro atoms. The zero-order chi connectivity index (χ0) is 24.3. The van der Waals surface area contributed by atoms with Gasteiger partial charge in [-0.3, -0.25) is 9.59 Å². The molecule has 7 nitrogen and oxygen atoms in total. The Kier molecular flexibility index (Phi) is 5.37. The van der Waals surface area contributed by atoms with E-state index >= 15 is 0 Å². The third kappa shape index (κ3) is 4.25. The number of halogens is 1. The van der Waals surface area contributed by atoms with Crippen molar-refractivity contribution >= 4 is 11.8 Å². The van der Waals surface area contributed by atoms with Crippen molar-refractivity contribution in [3.05, 3.63) is 40.5 Å². The van der Waals surface area contributed by atoms with Crippen LogP contribution in [0.2, 0.25) is 0 Å². The van der Waals surface area contributed by atoms with E-state index in [2.05, 4.69) is 22.1 Å². The van der Waals surface area contributed by atoms with Gasteiger partial charge in [-0.25, -0.2) is 9.37 Å². The van der Waals surface area contributed by atoms with E-state index in [1.165, 1.54) is 19.9 Å². The molecular formula is C25H29FN4O3. The molecule has 5 rings (SSSR count). The molecule has 174 valence electrons. The van der Waals surface area contributed by atoms with Crippen LogP contribution < -0.4 is 11.1 Å². The Morgan fingerprint density at radius 1 is 1.27 bits per heavy atom. The molecule has 1 aromatic carbocycles. The first-order chi connectivity index (χ1) is 15.3. The predicted octanol–water partition coefficient (Wildman–Crippen LogP) is 3.00. The number of carbonyl (C=O) groups excluding carboxylic acids is 2. The van der Waals surface area contributed by atoms with Crippen molar-refractivity contribution < 1.29 is 19.1 Å². The third-order valence-corrected chi connectivity index (χ3v) is 6.14. The summed E-state index contributed by atoms with van der Waals surface area (Å²) in [5.41, 5.74) is 6.11. The van der Waals surface area contributed by atoms with Gasteiger partial charge in [0.05, 0.1) is 17.8 Å². The minimum atomic E-state index is -1.27. The van der Waals surface area contributed by atoms with E-state index in [1.54, 1.807) is 6.07 Å². The maximum Gasteiger partial charge on any atom is 0.269 e. The van der Waals surface area contributed by atoms with Gasteiger partial charge >= 0.3 is 0 Å². The molecule has 3 heterocycles. The lowest BCUT2D eigenvalue weighted by Gasteiger charge is -2.35. The van der Waals surface area contributed by atoms with Crippen molar-refractivity contribution in [1.29, 1.82) is 0 Å². The molecule has 33 heavy (non-hydrogen) atoms. The lowest BCUT2D eigenvalue weighted by molar-refractivity contribution is -0.128. The highest BCUT2D eigenvalue weighted by atomic mass is 19.1. The number of nitrogens with one attached hydrogen (secondary N) is 1. The fourth-order valence-corrected chi connectivity index (χ4v) is 4.33. The average Bonchev–Trinajstić information content (AvgIpc) is 2.90. The predicted molar refractivity (Wildman–Crippen MR) is 122 cm³/mol. The lowest BCUT2D eigenvalue weighted by atomic mass is 9.75. The monoisotopic (exact) mass is 452 g/mol. The zero-order valence-corrected chi connectivity index (χ0v) is 19.5. The summed E-state index contributed by atoms with van der Waals surface area (Å²) in [7, 11) is 0. The van der Waals surface area contributed by atoms with Crippen LogP contribution in [-0.4, -0.2) is 32.1 Å². The number of rotatable bonds is 3. The molecule has 3 aliphatic rings.